The molecule has 29 heavy (non-hydrogen) atoms. The maximum atomic E-state index is 14.5. The highest BCUT2D eigenvalue weighted by atomic mass is 19.1. The molecule has 2 aliphatic carbocycles. The van der Waals surface area contributed by atoms with Crippen molar-refractivity contribution in [2.24, 2.45) is 11.8 Å². The molecule has 3 rings (SSSR count). The van der Waals surface area contributed by atoms with Crippen molar-refractivity contribution in [3.05, 3.63) is 41.2 Å². The number of benzene rings is 1. The van der Waals surface area contributed by atoms with E-state index in [1.165, 1.54) is 43.9 Å². The number of ether oxygens (including phenoxy) is 1. The minimum atomic E-state index is -0.837. The summed E-state index contributed by atoms with van der Waals surface area (Å²) in [5.74, 6) is -2.95. The van der Waals surface area contributed by atoms with Crippen molar-refractivity contribution in [2.45, 2.75) is 83.5 Å². The van der Waals surface area contributed by atoms with Gasteiger partial charge in [-0.1, -0.05) is 38.7 Å². The van der Waals surface area contributed by atoms with E-state index in [0.29, 0.717) is 12.0 Å². The molecule has 0 saturated heterocycles. The Morgan fingerprint density at radius 3 is 2.31 bits per heavy atom. The predicted molar refractivity (Wildman–Crippen MR) is 107 cm³/mol. The number of allylic oxidation sites excluding steroid dienone is 2. The van der Waals surface area contributed by atoms with Crippen LogP contribution >= 0.6 is 0 Å². The van der Waals surface area contributed by atoms with Gasteiger partial charge >= 0.3 is 5.97 Å². The first-order valence-corrected chi connectivity index (χ1v) is 11.0. The second-order valence-electron chi connectivity index (χ2n) is 8.57. The summed E-state index contributed by atoms with van der Waals surface area (Å²) in [7, 11) is 0. The van der Waals surface area contributed by atoms with E-state index >= 15 is 0 Å². The van der Waals surface area contributed by atoms with Gasteiger partial charge in [-0.25, -0.2) is 13.2 Å². The zero-order valence-electron chi connectivity index (χ0n) is 17.2. The van der Waals surface area contributed by atoms with Crippen LogP contribution in [-0.4, -0.2) is 5.97 Å². The largest absolute Gasteiger partial charge is 0.420 e. The highest BCUT2D eigenvalue weighted by molar-refractivity contribution is 5.75. The molecule has 2 aliphatic rings. The molecule has 1 saturated carbocycles. The zero-order valence-corrected chi connectivity index (χ0v) is 17.2. The van der Waals surface area contributed by atoms with Gasteiger partial charge in [0, 0.05) is 0 Å². The third-order valence-electron chi connectivity index (χ3n) is 6.45. The molecular formula is C24H31F3O2. The van der Waals surface area contributed by atoms with Crippen molar-refractivity contribution in [1.29, 1.82) is 0 Å². The molecule has 5 heteroatoms. The minimum Gasteiger partial charge on any atom is -0.420 e. The van der Waals surface area contributed by atoms with E-state index in [1.54, 1.807) is 0 Å². The van der Waals surface area contributed by atoms with Crippen molar-refractivity contribution in [3.8, 4) is 5.75 Å². The molecule has 0 bridgehead atoms. The fraction of sp³-hybridized carbons (Fsp3) is 0.625. The average Bonchev–Trinajstić information content (AvgIpc) is 2.71. The lowest BCUT2D eigenvalue weighted by Crippen LogP contribution is -2.23. The maximum Gasteiger partial charge on any atom is 0.314 e. The van der Waals surface area contributed by atoms with Crippen LogP contribution in [0, 0.1) is 23.5 Å². The Hall–Kier alpha value is -1.78. The Bertz CT molecular complexity index is 713. The highest BCUT2D eigenvalue weighted by Crippen LogP contribution is 2.39. The molecule has 1 aromatic carbocycles. The van der Waals surface area contributed by atoms with Crippen LogP contribution in [0.15, 0.2) is 24.0 Å². The van der Waals surface area contributed by atoms with Gasteiger partial charge in [0.1, 0.15) is 0 Å². The van der Waals surface area contributed by atoms with Gasteiger partial charge in [0.05, 0.1) is 11.7 Å². The molecule has 0 N–H and O–H groups in total. The smallest absolute Gasteiger partial charge is 0.314 e. The molecule has 1 fully saturated rings. The number of rotatable bonds is 7. The van der Waals surface area contributed by atoms with E-state index in [2.05, 4.69) is 6.92 Å². The van der Waals surface area contributed by atoms with Crippen LogP contribution in [0.4, 0.5) is 13.2 Å². The van der Waals surface area contributed by atoms with Gasteiger partial charge < -0.3 is 4.74 Å². The van der Waals surface area contributed by atoms with Crippen LogP contribution in [0.1, 0.15) is 89.0 Å². The third-order valence-corrected chi connectivity index (χ3v) is 6.45. The number of carbonyl (C=O) groups excluding carboxylic acids is 1. The molecule has 0 radical (unpaired) electrons. The summed E-state index contributed by atoms with van der Waals surface area (Å²) in [6, 6.07) is 2.63. The molecule has 1 unspecified atom stereocenters. The molecule has 0 aliphatic heterocycles. The van der Waals surface area contributed by atoms with E-state index in [1.807, 2.05) is 0 Å². The second kappa shape index (κ2) is 10.3. The minimum absolute atomic E-state index is 0.151. The maximum absolute atomic E-state index is 14.5. The SMILES string of the molecule is CCCCC[C@H]1CC[C@H](c2cc(F)c(OC(=O)C3CC=C(F)CC3)c(F)c2)CC1. The predicted octanol–water partition coefficient (Wildman–Crippen LogP) is 7.38. The molecule has 0 aromatic heterocycles. The number of hydrogen-bond donors (Lipinski definition) is 0. The van der Waals surface area contributed by atoms with Crippen LogP contribution in [0.3, 0.4) is 0 Å². The summed E-state index contributed by atoms with van der Waals surface area (Å²) in [6.07, 6.45) is 11.1. The number of carbonyl (C=O) groups is 1. The van der Waals surface area contributed by atoms with E-state index in [9.17, 15) is 18.0 Å². The van der Waals surface area contributed by atoms with Crippen LogP contribution in [0.2, 0.25) is 0 Å². The molecule has 160 valence electrons. The van der Waals surface area contributed by atoms with Gasteiger partial charge in [-0.3, -0.25) is 4.79 Å². The van der Waals surface area contributed by atoms with Crippen LogP contribution in [0.25, 0.3) is 0 Å². The van der Waals surface area contributed by atoms with E-state index in [0.717, 1.165) is 31.6 Å². The fourth-order valence-corrected chi connectivity index (χ4v) is 4.58. The number of halogens is 3. The van der Waals surface area contributed by atoms with Gasteiger partial charge in [-0.2, -0.15) is 0 Å². The van der Waals surface area contributed by atoms with Crippen LogP contribution in [-0.2, 0) is 4.79 Å². The Morgan fingerprint density at radius 2 is 1.72 bits per heavy atom. The molecular weight excluding hydrogens is 377 g/mol. The Balaban J connectivity index is 1.59. The number of esters is 1. The number of unbranched alkanes of at least 4 members (excludes halogenated alkanes) is 2. The zero-order chi connectivity index (χ0) is 20.8. The van der Waals surface area contributed by atoms with E-state index in [-0.39, 0.29) is 24.6 Å². The average molecular weight is 409 g/mol. The summed E-state index contributed by atoms with van der Waals surface area (Å²) in [5, 5.41) is 0. The quantitative estimate of drug-likeness (QED) is 0.267. The lowest BCUT2D eigenvalue weighted by Gasteiger charge is -2.29. The first-order chi connectivity index (χ1) is 14.0. The van der Waals surface area contributed by atoms with Gasteiger partial charge in [0.15, 0.2) is 11.6 Å². The van der Waals surface area contributed by atoms with Gasteiger partial charge in [0.2, 0.25) is 5.75 Å². The lowest BCUT2D eigenvalue weighted by atomic mass is 9.77. The van der Waals surface area contributed by atoms with Gasteiger partial charge in [-0.15, -0.1) is 0 Å². The monoisotopic (exact) mass is 408 g/mol. The molecule has 0 spiro atoms. The van der Waals surface area contributed by atoms with Gasteiger partial charge in [-0.05, 0) is 74.5 Å². The molecule has 1 atom stereocenters. The van der Waals surface area contributed by atoms with Crippen molar-refractivity contribution >= 4 is 5.97 Å². The topological polar surface area (TPSA) is 26.3 Å². The molecule has 0 amide bonds. The van der Waals surface area contributed by atoms with Crippen LogP contribution < -0.4 is 4.74 Å². The normalized spacial score (nSPS) is 24.8. The standard InChI is InChI=1S/C24H31F3O2/c1-2-3-4-5-16-6-8-17(9-7-16)19-14-21(26)23(22(27)15-19)29-24(28)18-10-12-20(25)13-11-18/h12,14-18H,2-11,13H2,1H3/t16-,17-,18?. The van der Waals surface area contributed by atoms with Crippen LogP contribution in [0.5, 0.6) is 5.75 Å². The molecule has 0 heterocycles. The van der Waals surface area contributed by atoms with Crippen molar-refractivity contribution in [1.82, 2.24) is 0 Å². The fourth-order valence-electron chi connectivity index (χ4n) is 4.58. The summed E-state index contributed by atoms with van der Waals surface area (Å²) in [6.45, 7) is 2.20. The Morgan fingerprint density at radius 1 is 1.03 bits per heavy atom. The summed E-state index contributed by atoms with van der Waals surface area (Å²) < 4.78 is 47.2. The lowest BCUT2D eigenvalue weighted by molar-refractivity contribution is -0.139. The first kappa shape index (κ1) is 21.9. The van der Waals surface area contributed by atoms with Crippen molar-refractivity contribution in [3.63, 3.8) is 0 Å². The number of hydrogen-bond acceptors (Lipinski definition) is 2. The summed E-state index contributed by atoms with van der Waals surface area (Å²) in [4.78, 5) is 12.2. The van der Waals surface area contributed by atoms with E-state index < -0.39 is 29.3 Å². The Labute approximate surface area is 171 Å². The Kier molecular flexibility index (Phi) is 7.79. The van der Waals surface area contributed by atoms with Gasteiger partial charge in [0.25, 0.3) is 0 Å². The van der Waals surface area contributed by atoms with Crippen molar-refractivity contribution in [2.75, 3.05) is 0 Å². The third kappa shape index (κ3) is 5.86. The summed E-state index contributed by atoms with van der Waals surface area (Å²) in [5.41, 5.74) is 0.648. The molecule has 2 nitrogen and oxygen atoms in total. The van der Waals surface area contributed by atoms with E-state index in [4.69, 9.17) is 4.74 Å². The van der Waals surface area contributed by atoms with Crippen molar-refractivity contribution < 1.29 is 22.7 Å². The molecule has 1 aromatic rings. The highest BCUT2D eigenvalue weighted by Gasteiger charge is 2.28. The summed E-state index contributed by atoms with van der Waals surface area (Å²) >= 11 is 0. The first-order valence-electron chi connectivity index (χ1n) is 11.0. The second-order valence-corrected chi connectivity index (χ2v) is 8.57.